The van der Waals surface area contributed by atoms with Gasteiger partial charge >= 0.3 is 0 Å². The molecule has 0 atom stereocenters. The molecule has 0 N–H and O–H groups in total. The van der Waals surface area contributed by atoms with Crippen LogP contribution in [0.4, 0.5) is 0 Å². The van der Waals surface area contributed by atoms with E-state index in [4.69, 9.17) is 0 Å². The van der Waals surface area contributed by atoms with E-state index in [9.17, 15) is 0 Å². The van der Waals surface area contributed by atoms with Gasteiger partial charge in [-0.15, -0.1) is 0 Å². The van der Waals surface area contributed by atoms with Crippen LogP contribution in [0, 0.1) is 6.07 Å². The van der Waals surface area contributed by atoms with Gasteiger partial charge in [-0.2, -0.15) is 0 Å². The first kappa shape index (κ1) is 19.8. The molecule has 0 heteroatoms. The lowest BCUT2D eigenvalue weighted by Gasteiger charge is -2.27. The van der Waals surface area contributed by atoms with Crippen molar-refractivity contribution in [2.75, 3.05) is 0 Å². The number of hydrogen-bond acceptors (Lipinski definition) is 0. The quantitative estimate of drug-likeness (QED) is 0.289. The Morgan fingerprint density at radius 3 is 1.74 bits per heavy atom. The Hall–Kier alpha value is -3.12. The van der Waals surface area contributed by atoms with Crippen molar-refractivity contribution < 1.29 is 0 Å². The van der Waals surface area contributed by atoms with Gasteiger partial charge in [0.05, 0.1) is 0 Å². The molecular formula is C31H29. The van der Waals surface area contributed by atoms with Gasteiger partial charge in [0.25, 0.3) is 0 Å². The maximum absolute atomic E-state index is 3.63. The minimum atomic E-state index is -0.0591. The van der Waals surface area contributed by atoms with Gasteiger partial charge in [0, 0.05) is 10.8 Å². The Labute approximate surface area is 186 Å². The van der Waals surface area contributed by atoms with Gasteiger partial charge in [0.1, 0.15) is 0 Å². The average Bonchev–Trinajstić information content (AvgIpc) is 3.17. The molecule has 0 saturated carbocycles. The number of hydrogen-bond donors (Lipinski definition) is 0. The molecule has 4 aromatic rings. The van der Waals surface area contributed by atoms with E-state index >= 15 is 0 Å². The topological polar surface area (TPSA) is 0 Å². The Kier molecular flexibility index (Phi) is 4.63. The van der Waals surface area contributed by atoms with E-state index in [0.29, 0.717) is 0 Å². The van der Waals surface area contributed by atoms with Gasteiger partial charge < -0.3 is 0 Å². The molecule has 31 heavy (non-hydrogen) atoms. The first-order valence-electron chi connectivity index (χ1n) is 11.2. The average molecular weight is 402 g/mol. The van der Waals surface area contributed by atoms with Gasteiger partial charge in [-0.05, 0) is 75.2 Å². The Bertz CT molecular complexity index is 1130. The molecule has 0 nitrogen and oxygen atoms in total. The summed E-state index contributed by atoms with van der Waals surface area (Å²) in [6.07, 6.45) is 0.975. The molecule has 0 fully saturated rings. The zero-order chi connectivity index (χ0) is 21.6. The first-order valence-corrected chi connectivity index (χ1v) is 11.2. The van der Waals surface area contributed by atoms with Crippen LogP contribution in [0.15, 0.2) is 91.0 Å². The van der Waals surface area contributed by atoms with Crippen molar-refractivity contribution in [1.29, 1.82) is 0 Å². The summed E-state index contributed by atoms with van der Waals surface area (Å²) < 4.78 is 0. The van der Waals surface area contributed by atoms with Crippen LogP contribution in [0.1, 0.15) is 61.1 Å². The Morgan fingerprint density at radius 1 is 0.581 bits per heavy atom. The van der Waals surface area contributed by atoms with Crippen molar-refractivity contribution in [3.63, 3.8) is 0 Å². The summed E-state index contributed by atoms with van der Waals surface area (Å²) in [5, 5.41) is 0. The third-order valence-corrected chi connectivity index (χ3v) is 7.23. The van der Waals surface area contributed by atoms with Gasteiger partial charge in [-0.1, -0.05) is 100 Å². The molecule has 0 aromatic heterocycles. The third-order valence-electron chi connectivity index (χ3n) is 7.23. The minimum Gasteiger partial charge on any atom is -0.0622 e. The fraction of sp³-hybridized carbons (Fsp3) is 0.226. The number of fused-ring (bicyclic) bond motifs is 3. The summed E-state index contributed by atoms with van der Waals surface area (Å²) in [5.41, 5.74) is 10.7. The highest BCUT2D eigenvalue weighted by atomic mass is 14.3. The molecular weight excluding hydrogens is 372 g/mol. The van der Waals surface area contributed by atoms with E-state index in [1.807, 2.05) is 0 Å². The largest absolute Gasteiger partial charge is 0.0622 e. The molecule has 4 aromatic carbocycles. The standard InChI is InChI=1S/C31H29/c1-30(2,24-11-7-5-8-12-24)26-17-15-22-19-23-16-18-27(21-29(23)28(22)20-26)31(3,4)25-13-9-6-10-14-25/h5-15,17-18,20-21H,19H2,1-4H3. The van der Waals surface area contributed by atoms with E-state index in [2.05, 4.69) is 125 Å². The van der Waals surface area contributed by atoms with Crippen LogP contribution in [0.5, 0.6) is 0 Å². The SMILES string of the molecule is CC(C)(c1ccccc1)c1c[c]c2c(c1)-c1cc(C(C)(C)c3ccccc3)ccc1C2. The molecule has 1 aliphatic rings. The van der Waals surface area contributed by atoms with Crippen LogP contribution in [0.2, 0.25) is 0 Å². The highest BCUT2D eigenvalue weighted by Crippen LogP contribution is 2.43. The van der Waals surface area contributed by atoms with Crippen molar-refractivity contribution in [3.05, 3.63) is 130 Å². The summed E-state index contributed by atoms with van der Waals surface area (Å²) in [6, 6.07) is 36.9. The molecule has 0 saturated heterocycles. The van der Waals surface area contributed by atoms with Crippen LogP contribution in [0.3, 0.4) is 0 Å². The summed E-state index contributed by atoms with van der Waals surface area (Å²) in [4.78, 5) is 0. The molecule has 0 bridgehead atoms. The highest BCUT2D eigenvalue weighted by Gasteiger charge is 2.29. The van der Waals surface area contributed by atoms with Crippen molar-refractivity contribution >= 4 is 0 Å². The Morgan fingerprint density at radius 2 is 1.13 bits per heavy atom. The van der Waals surface area contributed by atoms with Crippen LogP contribution in [-0.2, 0) is 17.3 Å². The lowest BCUT2D eigenvalue weighted by Crippen LogP contribution is -2.19. The third kappa shape index (κ3) is 3.31. The normalized spacial score (nSPS) is 13.0. The maximum atomic E-state index is 3.63. The molecule has 0 heterocycles. The predicted octanol–water partition coefficient (Wildman–Crippen LogP) is 7.71. The lowest BCUT2D eigenvalue weighted by atomic mass is 9.76. The van der Waals surface area contributed by atoms with E-state index in [1.54, 1.807) is 0 Å². The van der Waals surface area contributed by atoms with Crippen LogP contribution in [-0.4, -0.2) is 0 Å². The molecule has 0 amide bonds. The van der Waals surface area contributed by atoms with E-state index in [1.165, 1.54) is 44.5 Å². The van der Waals surface area contributed by atoms with Gasteiger partial charge in [-0.25, -0.2) is 0 Å². The van der Waals surface area contributed by atoms with Crippen LogP contribution < -0.4 is 0 Å². The fourth-order valence-corrected chi connectivity index (χ4v) is 4.88. The summed E-state index contributed by atoms with van der Waals surface area (Å²) >= 11 is 0. The zero-order valence-corrected chi connectivity index (χ0v) is 18.9. The minimum absolute atomic E-state index is 0.0380. The summed E-state index contributed by atoms with van der Waals surface area (Å²) in [6.45, 7) is 9.26. The van der Waals surface area contributed by atoms with Crippen molar-refractivity contribution in [1.82, 2.24) is 0 Å². The van der Waals surface area contributed by atoms with Crippen molar-refractivity contribution in [2.45, 2.75) is 44.9 Å². The van der Waals surface area contributed by atoms with E-state index in [0.717, 1.165) is 6.42 Å². The van der Waals surface area contributed by atoms with Gasteiger partial charge in [0.2, 0.25) is 0 Å². The summed E-state index contributed by atoms with van der Waals surface area (Å²) in [7, 11) is 0. The maximum Gasteiger partial charge on any atom is 0.0147 e. The zero-order valence-electron chi connectivity index (χ0n) is 18.9. The molecule has 0 unspecified atom stereocenters. The molecule has 1 radical (unpaired) electrons. The fourth-order valence-electron chi connectivity index (χ4n) is 4.88. The van der Waals surface area contributed by atoms with Gasteiger partial charge in [0.15, 0.2) is 0 Å². The number of rotatable bonds is 4. The smallest absolute Gasteiger partial charge is 0.0147 e. The second-order valence-electron chi connectivity index (χ2n) is 9.81. The summed E-state index contributed by atoms with van der Waals surface area (Å²) in [5.74, 6) is 0. The predicted molar refractivity (Wildman–Crippen MR) is 131 cm³/mol. The van der Waals surface area contributed by atoms with Crippen LogP contribution in [0.25, 0.3) is 11.1 Å². The molecule has 5 rings (SSSR count). The van der Waals surface area contributed by atoms with E-state index in [-0.39, 0.29) is 10.8 Å². The molecule has 0 spiro atoms. The molecule has 1 aliphatic carbocycles. The molecule has 0 aliphatic heterocycles. The van der Waals surface area contributed by atoms with E-state index < -0.39 is 0 Å². The van der Waals surface area contributed by atoms with Crippen molar-refractivity contribution in [2.24, 2.45) is 0 Å². The molecule has 153 valence electrons. The highest BCUT2D eigenvalue weighted by molar-refractivity contribution is 5.78. The number of benzene rings is 4. The monoisotopic (exact) mass is 401 g/mol. The second kappa shape index (κ2) is 7.24. The lowest BCUT2D eigenvalue weighted by molar-refractivity contribution is 0.640. The Balaban J connectivity index is 1.59. The van der Waals surface area contributed by atoms with Crippen molar-refractivity contribution in [3.8, 4) is 11.1 Å². The van der Waals surface area contributed by atoms with Crippen LogP contribution >= 0.6 is 0 Å². The van der Waals surface area contributed by atoms with Gasteiger partial charge in [-0.3, -0.25) is 0 Å². The second-order valence-corrected chi connectivity index (χ2v) is 9.81. The first-order chi connectivity index (χ1) is 14.9.